The second kappa shape index (κ2) is 3.42. The summed E-state index contributed by atoms with van der Waals surface area (Å²) in [6.07, 6.45) is 0. The monoisotopic (exact) mass is 151 g/mol. The average Bonchev–Trinajstić information content (AvgIpc) is 2.05. The number of nitrogens with zero attached hydrogens (tertiary/aromatic N) is 1. The number of benzene rings is 1. The molecule has 2 heteroatoms. The lowest BCUT2D eigenvalue weighted by atomic mass is 10.3. The summed E-state index contributed by atoms with van der Waals surface area (Å²) in [6.45, 7) is 3.30. The van der Waals surface area contributed by atoms with Crippen LogP contribution in [0.3, 0.4) is 0 Å². The number of hydrogen-bond donors (Lipinski definition) is 0. The van der Waals surface area contributed by atoms with Crippen LogP contribution in [-0.2, 0) is 0 Å². The van der Waals surface area contributed by atoms with Gasteiger partial charge in [-0.2, -0.15) is 0 Å². The zero-order valence-corrected chi connectivity index (χ0v) is 8.54. The Labute approximate surface area is 65.2 Å². The fourth-order valence-corrected chi connectivity index (χ4v) is 1.16. The van der Waals surface area contributed by atoms with Gasteiger partial charge in [0.1, 0.15) is 10.4 Å². The Morgan fingerprint density at radius 2 is 1.90 bits per heavy atom. The molecule has 0 atom stereocenters. The SMILES string of the molecule is CCN([SiH3])c1ccccc1. The van der Waals surface area contributed by atoms with Crippen LogP contribution in [0.4, 0.5) is 5.69 Å². The highest BCUT2D eigenvalue weighted by atomic mass is 28.2. The third-order valence-electron chi connectivity index (χ3n) is 1.67. The average molecular weight is 151 g/mol. The van der Waals surface area contributed by atoms with Gasteiger partial charge < -0.3 is 4.57 Å². The van der Waals surface area contributed by atoms with Crippen molar-refractivity contribution in [2.24, 2.45) is 0 Å². The van der Waals surface area contributed by atoms with Crippen LogP contribution in [0, 0.1) is 0 Å². The highest BCUT2D eigenvalue weighted by Crippen LogP contribution is 2.08. The van der Waals surface area contributed by atoms with E-state index < -0.39 is 0 Å². The summed E-state index contributed by atoms with van der Waals surface area (Å²) >= 11 is 0. The Hall–Kier alpha value is -0.763. The molecule has 10 heavy (non-hydrogen) atoms. The van der Waals surface area contributed by atoms with Crippen LogP contribution in [0.25, 0.3) is 0 Å². The Morgan fingerprint density at radius 3 is 2.40 bits per heavy atom. The zero-order chi connectivity index (χ0) is 7.40. The molecule has 0 radical (unpaired) electrons. The topological polar surface area (TPSA) is 3.24 Å². The molecule has 1 nitrogen and oxygen atoms in total. The Bertz CT molecular complexity index is 186. The Morgan fingerprint density at radius 1 is 1.30 bits per heavy atom. The third-order valence-corrected chi connectivity index (χ3v) is 2.82. The maximum atomic E-state index is 2.35. The quantitative estimate of drug-likeness (QED) is 0.565. The van der Waals surface area contributed by atoms with Gasteiger partial charge in [0.05, 0.1) is 0 Å². The highest BCUT2D eigenvalue weighted by molar-refractivity contribution is 6.17. The van der Waals surface area contributed by atoms with Crippen molar-refractivity contribution in [3.8, 4) is 0 Å². The molecule has 0 spiro atoms. The first-order chi connectivity index (χ1) is 4.84. The first-order valence-corrected chi connectivity index (χ1v) is 4.50. The van der Waals surface area contributed by atoms with Crippen molar-refractivity contribution in [1.82, 2.24) is 0 Å². The minimum atomic E-state index is 1.11. The van der Waals surface area contributed by atoms with Gasteiger partial charge in [-0.05, 0) is 19.1 Å². The predicted octanol–water partition coefficient (Wildman–Crippen LogP) is 0.793. The van der Waals surface area contributed by atoms with Crippen LogP contribution < -0.4 is 4.57 Å². The number of hydrogen-bond acceptors (Lipinski definition) is 1. The molecule has 54 valence electrons. The maximum absolute atomic E-state index is 2.35. The van der Waals surface area contributed by atoms with Crippen molar-refractivity contribution >= 4 is 16.1 Å². The van der Waals surface area contributed by atoms with E-state index >= 15 is 0 Å². The molecule has 0 amide bonds. The summed E-state index contributed by atoms with van der Waals surface area (Å²) in [7, 11) is 1.11. The second-order valence-electron chi connectivity index (χ2n) is 2.35. The Kier molecular flexibility index (Phi) is 2.51. The van der Waals surface area contributed by atoms with Crippen molar-refractivity contribution in [3.63, 3.8) is 0 Å². The largest absolute Gasteiger partial charge is 0.407 e. The second-order valence-corrected chi connectivity index (χ2v) is 3.43. The molecule has 0 N–H and O–H groups in total. The van der Waals surface area contributed by atoms with Gasteiger partial charge in [0, 0.05) is 12.2 Å². The summed E-state index contributed by atoms with van der Waals surface area (Å²) in [6, 6.07) is 10.5. The number of rotatable bonds is 2. The van der Waals surface area contributed by atoms with Crippen molar-refractivity contribution in [2.45, 2.75) is 6.92 Å². The van der Waals surface area contributed by atoms with E-state index in [2.05, 4.69) is 41.8 Å². The smallest absolute Gasteiger partial charge is 0.107 e. The van der Waals surface area contributed by atoms with Crippen LogP contribution in [-0.4, -0.2) is 16.9 Å². The molecule has 1 aromatic carbocycles. The van der Waals surface area contributed by atoms with Gasteiger partial charge in [0.2, 0.25) is 0 Å². The molecule has 0 aliphatic rings. The van der Waals surface area contributed by atoms with Gasteiger partial charge in [0.25, 0.3) is 0 Å². The van der Waals surface area contributed by atoms with E-state index in [4.69, 9.17) is 0 Å². The van der Waals surface area contributed by atoms with Crippen LogP contribution in [0.15, 0.2) is 30.3 Å². The van der Waals surface area contributed by atoms with E-state index in [1.165, 1.54) is 5.69 Å². The van der Waals surface area contributed by atoms with E-state index in [-0.39, 0.29) is 0 Å². The third kappa shape index (κ3) is 1.61. The van der Waals surface area contributed by atoms with Gasteiger partial charge in [-0.25, -0.2) is 0 Å². The standard InChI is InChI=1S/C8H13NSi/c1-2-9(10)8-6-4-3-5-7-8/h3-7H,2H2,1,10H3. The first-order valence-electron chi connectivity index (χ1n) is 3.60. The molecule has 0 aromatic heterocycles. The van der Waals surface area contributed by atoms with Gasteiger partial charge in [-0.1, -0.05) is 18.2 Å². The molecule has 0 aliphatic carbocycles. The summed E-state index contributed by atoms with van der Waals surface area (Å²) in [4.78, 5) is 0. The van der Waals surface area contributed by atoms with Crippen molar-refractivity contribution in [3.05, 3.63) is 30.3 Å². The van der Waals surface area contributed by atoms with E-state index in [9.17, 15) is 0 Å². The van der Waals surface area contributed by atoms with E-state index in [0.29, 0.717) is 0 Å². The van der Waals surface area contributed by atoms with E-state index in [0.717, 1.165) is 16.9 Å². The molecule has 1 rings (SSSR count). The van der Waals surface area contributed by atoms with Gasteiger partial charge >= 0.3 is 0 Å². The number of para-hydroxylation sites is 1. The van der Waals surface area contributed by atoms with E-state index in [1.807, 2.05) is 0 Å². The molecule has 0 heterocycles. The fraction of sp³-hybridized carbons (Fsp3) is 0.250. The van der Waals surface area contributed by atoms with Crippen LogP contribution >= 0.6 is 0 Å². The Balaban J connectivity index is 2.75. The van der Waals surface area contributed by atoms with Crippen LogP contribution in [0.2, 0.25) is 0 Å². The van der Waals surface area contributed by atoms with Crippen molar-refractivity contribution in [2.75, 3.05) is 11.1 Å². The summed E-state index contributed by atoms with van der Waals surface area (Å²) in [5, 5.41) is 0. The normalized spacial score (nSPS) is 9.70. The fourth-order valence-electron chi connectivity index (χ4n) is 0.865. The lowest BCUT2D eigenvalue weighted by Crippen LogP contribution is -2.17. The summed E-state index contributed by atoms with van der Waals surface area (Å²) in [5.74, 6) is 0. The lowest BCUT2D eigenvalue weighted by molar-refractivity contribution is 1.10. The summed E-state index contributed by atoms with van der Waals surface area (Å²) < 4.78 is 2.35. The van der Waals surface area contributed by atoms with Crippen LogP contribution in [0.1, 0.15) is 6.92 Å². The molecule has 0 fully saturated rings. The van der Waals surface area contributed by atoms with Gasteiger partial charge in [0.15, 0.2) is 0 Å². The molecular weight excluding hydrogens is 138 g/mol. The lowest BCUT2D eigenvalue weighted by Gasteiger charge is -2.16. The van der Waals surface area contributed by atoms with Crippen LogP contribution in [0.5, 0.6) is 0 Å². The minimum Gasteiger partial charge on any atom is -0.407 e. The molecule has 0 saturated carbocycles. The molecule has 0 bridgehead atoms. The van der Waals surface area contributed by atoms with E-state index in [1.54, 1.807) is 0 Å². The molecule has 0 saturated heterocycles. The molecule has 1 aromatic rings. The first kappa shape index (κ1) is 7.35. The predicted molar refractivity (Wildman–Crippen MR) is 49.4 cm³/mol. The van der Waals surface area contributed by atoms with Gasteiger partial charge in [-0.3, -0.25) is 0 Å². The molecular formula is C8H13NSi. The maximum Gasteiger partial charge on any atom is 0.107 e. The molecule has 0 unspecified atom stereocenters. The summed E-state index contributed by atoms with van der Waals surface area (Å²) in [5.41, 5.74) is 1.34. The minimum absolute atomic E-state index is 1.11. The highest BCUT2D eigenvalue weighted by Gasteiger charge is 1.92. The van der Waals surface area contributed by atoms with Crippen molar-refractivity contribution in [1.29, 1.82) is 0 Å². The molecule has 0 aliphatic heterocycles. The van der Waals surface area contributed by atoms with Crippen molar-refractivity contribution < 1.29 is 0 Å². The zero-order valence-electron chi connectivity index (χ0n) is 6.54. The number of anilines is 1. The van der Waals surface area contributed by atoms with Gasteiger partial charge in [-0.15, -0.1) is 0 Å².